The number of rotatable bonds is 5. The number of nitrogens with zero attached hydrogens (tertiary/aromatic N) is 3. The maximum absolute atomic E-state index is 13.2. The van der Waals surface area contributed by atoms with E-state index in [2.05, 4.69) is 31.9 Å². The van der Waals surface area contributed by atoms with Crippen molar-refractivity contribution in [3.63, 3.8) is 0 Å². The maximum Gasteiger partial charge on any atom is 0.319 e. The van der Waals surface area contributed by atoms with Gasteiger partial charge in [-0.25, -0.2) is 13.3 Å². The van der Waals surface area contributed by atoms with Crippen LogP contribution < -0.4 is 10.6 Å². The van der Waals surface area contributed by atoms with Crippen molar-refractivity contribution < 1.29 is 9.00 Å². The quantitative estimate of drug-likeness (QED) is 0.747. The molecule has 0 bridgehead atoms. The lowest BCUT2D eigenvalue weighted by Crippen LogP contribution is -2.51. The van der Waals surface area contributed by atoms with E-state index in [1.165, 1.54) is 19.3 Å². The lowest BCUT2D eigenvalue weighted by atomic mass is 9.74. The normalized spacial score (nSPS) is 23.4. The summed E-state index contributed by atoms with van der Waals surface area (Å²) >= 11 is 0. The van der Waals surface area contributed by atoms with Crippen LogP contribution in [0.5, 0.6) is 0 Å². The van der Waals surface area contributed by atoms with Gasteiger partial charge in [-0.05, 0) is 80.6 Å². The third-order valence-electron chi connectivity index (χ3n) is 6.20. The second-order valence-corrected chi connectivity index (χ2v) is 10.2. The largest absolute Gasteiger partial charge is 0.334 e. The molecule has 0 aliphatic carbocycles. The Hall–Kier alpha value is -2.29. The fourth-order valence-corrected chi connectivity index (χ4v) is 6.11. The van der Waals surface area contributed by atoms with Gasteiger partial charge in [-0.2, -0.15) is 0 Å². The Morgan fingerprint density at radius 3 is 2.61 bits per heavy atom. The van der Waals surface area contributed by atoms with Gasteiger partial charge in [0.15, 0.2) is 0 Å². The minimum Gasteiger partial charge on any atom is -0.334 e. The molecule has 2 fully saturated rings. The van der Waals surface area contributed by atoms with E-state index in [9.17, 15) is 9.00 Å². The van der Waals surface area contributed by atoms with Gasteiger partial charge in [0.05, 0.1) is 4.90 Å². The molecular weight excluding hydrogens is 410 g/mol. The molecule has 2 atom stereocenters. The first-order chi connectivity index (χ1) is 15.0. The number of amides is 2. The molecule has 3 heterocycles. The van der Waals surface area contributed by atoms with E-state index in [1.807, 2.05) is 36.4 Å². The number of nitrogens with one attached hydrogen (secondary N) is 2. The van der Waals surface area contributed by atoms with Crippen LogP contribution in [0.1, 0.15) is 31.2 Å². The Morgan fingerprint density at radius 2 is 1.90 bits per heavy atom. The highest BCUT2D eigenvalue weighted by atomic mass is 32.2. The van der Waals surface area contributed by atoms with Crippen molar-refractivity contribution in [1.29, 1.82) is 0 Å². The molecule has 166 valence electrons. The summed E-state index contributed by atoms with van der Waals surface area (Å²) in [5.74, 6) is 0. The van der Waals surface area contributed by atoms with Crippen molar-refractivity contribution >= 4 is 22.7 Å². The van der Waals surface area contributed by atoms with Gasteiger partial charge in [0.1, 0.15) is 11.0 Å². The Morgan fingerprint density at radius 1 is 1.13 bits per heavy atom. The predicted molar refractivity (Wildman–Crippen MR) is 123 cm³/mol. The fourth-order valence-electron chi connectivity index (χ4n) is 4.76. The van der Waals surface area contributed by atoms with Crippen molar-refractivity contribution in [2.24, 2.45) is 5.41 Å². The zero-order chi connectivity index (χ0) is 21.7. The summed E-state index contributed by atoms with van der Waals surface area (Å²) in [4.78, 5) is 19.4. The number of carbonyl (C=O) groups excluding carboxylic acids is 1. The summed E-state index contributed by atoms with van der Waals surface area (Å²) in [6.45, 7) is 4.43. The molecule has 1 aromatic carbocycles. The highest BCUT2D eigenvalue weighted by Crippen LogP contribution is 2.39. The number of urea groups is 1. The van der Waals surface area contributed by atoms with E-state index in [0.717, 1.165) is 43.1 Å². The van der Waals surface area contributed by atoms with E-state index >= 15 is 0 Å². The first kappa shape index (κ1) is 21.9. The Labute approximate surface area is 186 Å². The zero-order valence-electron chi connectivity index (χ0n) is 18.0. The minimum atomic E-state index is -1.18. The first-order valence-electron chi connectivity index (χ1n) is 10.9. The zero-order valence-corrected chi connectivity index (χ0v) is 18.9. The van der Waals surface area contributed by atoms with Crippen LogP contribution in [0.3, 0.4) is 0 Å². The van der Waals surface area contributed by atoms with Crippen LogP contribution in [0.25, 0.3) is 0 Å². The van der Waals surface area contributed by atoms with E-state index < -0.39 is 11.0 Å². The number of piperidine rings is 2. The highest BCUT2D eigenvalue weighted by molar-refractivity contribution is 7.82. The topological polar surface area (TPSA) is 77.6 Å². The second kappa shape index (κ2) is 9.89. The van der Waals surface area contributed by atoms with Gasteiger partial charge in [0.25, 0.3) is 0 Å². The summed E-state index contributed by atoms with van der Waals surface area (Å²) in [6, 6.07) is 10.8. The van der Waals surface area contributed by atoms with Crippen molar-refractivity contribution in [1.82, 2.24) is 19.5 Å². The van der Waals surface area contributed by atoms with E-state index in [0.29, 0.717) is 12.2 Å². The van der Waals surface area contributed by atoms with Crippen LogP contribution in [-0.4, -0.2) is 57.7 Å². The average molecular weight is 442 g/mol. The van der Waals surface area contributed by atoms with Crippen LogP contribution in [0.15, 0.2) is 53.7 Å². The van der Waals surface area contributed by atoms with Crippen molar-refractivity contribution in [3.05, 3.63) is 54.4 Å². The molecule has 2 aliphatic heterocycles. The summed E-state index contributed by atoms with van der Waals surface area (Å²) in [6.07, 6.45) is 8.19. The van der Waals surface area contributed by atoms with Gasteiger partial charge in [0.2, 0.25) is 0 Å². The standard InChI is InChI=1S/C23H31N5O2S/c1-27-13-3-10-23(17-27)11-4-14-28(18-23)31(30)21-8-6-20(7-9-21)26-22(29)25-16-19-5-2-12-24-15-19/h2,5-9,12,15H,3-4,10-11,13-14,16-18H2,1H3,(H2,25,26,29). The van der Waals surface area contributed by atoms with Gasteiger partial charge >= 0.3 is 6.03 Å². The summed E-state index contributed by atoms with van der Waals surface area (Å²) in [7, 11) is 1.01. The lowest BCUT2D eigenvalue weighted by Gasteiger charge is -2.47. The van der Waals surface area contributed by atoms with Gasteiger partial charge in [0, 0.05) is 44.3 Å². The molecule has 31 heavy (non-hydrogen) atoms. The number of hydrogen-bond acceptors (Lipinski definition) is 4. The smallest absolute Gasteiger partial charge is 0.319 e. The molecule has 2 N–H and O–H groups in total. The summed E-state index contributed by atoms with van der Waals surface area (Å²) in [5, 5.41) is 5.63. The van der Waals surface area contributed by atoms with Crippen LogP contribution in [0, 0.1) is 5.41 Å². The Balaban J connectivity index is 1.32. The maximum atomic E-state index is 13.2. The molecular formula is C23H31N5O2S. The van der Waals surface area contributed by atoms with Crippen LogP contribution >= 0.6 is 0 Å². The molecule has 2 unspecified atom stereocenters. The van der Waals surface area contributed by atoms with Crippen molar-refractivity contribution in [3.8, 4) is 0 Å². The molecule has 7 nitrogen and oxygen atoms in total. The van der Waals surface area contributed by atoms with Gasteiger partial charge < -0.3 is 15.5 Å². The minimum absolute atomic E-state index is 0.273. The monoisotopic (exact) mass is 441 g/mol. The lowest BCUT2D eigenvalue weighted by molar-refractivity contribution is 0.0544. The molecule has 2 saturated heterocycles. The van der Waals surface area contributed by atoms with Crippen molar-refractivity contribution in [2.45, 2.75) is 37.1 Å². The molecule has 4 rings (SSSR count). The molecule has 2 aromatic rings. The Kier molecular flexibility index (Phi) is 6.99. The first-order valence-corrected chi connectivity index (χ1v) is 12.0. The van der Waals surface area contributed by atoms with E-state index in [-0.39, 0.29) is 11.4 Å². The van der Waals surface area contributed by atoms with E-state index in [4.69, 9.17) is 0 Å². The van der Waals surface area contributed by atoms with E-state index in [1.54, 1.807) is 12.4 Å². The molecule has 1 aromatic heterocycles. The summed E-state index contributed by atoms with van der Waals surface area (Å²) in [5.41, 5.74) is 1.88. The van der Waals surface area contributed by atoms with Gasteiger partial charge in [-0.3, -0.25) is 4.98 Å². The average Bonchev–Trinajstić information content (AvgIpc) is 2.78. The number of hydrogen-bond donors (Lipinski definition) is 2. The Bertz CT molecular complexity index is 904. The van der Waals surface area contributed by atoms with Crippen LogP contribution in [0.2, 0.25) is 0 Å². The number of pyridine rings is 1. The van der Waals surface area contributed by atoms with Crippen molar-refractivity contribution in [2.75, 3.05) is 38.5 Å². The number of carbonyl (C=O) groups is 1. The molecule has 0 radical (unpaired) electrons. The molecule has 2 amide bonds. The number of anilines is 1. The molecule has 8 heteroatoms. The van der Waals surface area contributed by atoms with Crippen LogP contribution in [0.4, 0.5) is 10.5 Å². The fraction of sp³-hybridized carbons (Fsp3) is 0.478. The van der Waals surface area contributed by atoms with Crippen LogP contribution in [-0.2, 0) is 17.5 Å². The third-order valence-corrected chi connectivity index (χ3v) is 7.66. The van der Waals surface area contributed by atoms with Gasteiger partial charge in [-0.1, -0.05) is 6.07 Å². The van der Waals surface area contributed by atoms with Gasteiger partial charge in [-0.15, -0.1) is 0 Å². The number of likely N-dealkylation sites (tertiary alicyclic amines) is 1. The summed E-state index contributed by atoms with van der Waals surface area (Å²) < 4.78 is 15.3. The number of aromatic nitrogens is 1. The molecule has 2 aliphatic rings. The second-order valence-electron chi connectivity index (χ2n) is 8.75. The predicted octanol–water partition coefficient (Wildman–Crippen LogP) is 3.23. The SMILES string of the molecule is CN1CCCC2(CCCN(S(=O)c3ccc(NC(=O)NCc4cccnc4)cc3)C2)C1. The molecule has 0 saturated carbocycles. The third kappa shape index (κ3) is 5.70. The highest BCUT2D eigenvalue weighted by Gasteiger charge is 2.39. The number of benzene rings is 1. The molecule has 1 spiro atoms.